The first-order valence-corrected chi connectivity index (χ1v) is 4.06. The first-order chi connectivity index (χ1) is 4.81. The average Bonchev–Trinajstić information content (AvgIpc) is 1.98. The molecular formula is C9H17O. The van der Waals surface area contributed by atoms with Gasteiger partial charge in [0.25, 0.3) is 0 Å². The molecule has 0 amide bonds. The minimum absolute atomic E-state index is 0.0165. The minimum atomic E-state index is 0.0165. The van der Waals surface area contributed by atoms with Crippen molar-refractivity contribution in [1.82, 2.24) is 0 Å². The fourth-order valence-corrected chi connectivity index (χ4v) is 0.706. The highest BCUT2D eigenvalue weighted by atomic mass is 16.3. The highest BCUT2D eigenvalue weighted by Crippen LogP contribution is 1.99. The zero-order valence-corrected chi connectivity index (χ0v) is 6.97. The van der Waals surface area contributed by atoms with E-state index in [1.165, 1.54) is 12.8 Å². The summed E-state index contributed by atoms with van der Waals surface area (Å²) in [5, 5.41) is 10.2. The summed E-state index contributed by atoms with van der Waals surface area (Å²) in [4.78, 5) is 0. The maximum Gasteiger partial charge on any atom is 0.0882 e. The number of hydrogen-bond donors (Lipinski definition) is 0. The van der Waals surface area contributed by atoms with Crippen molar-refractivity contribution in [1.29, 1.82) is 0 Å². The molecule has 1 nitrogen and oxygen atoms in total. The molecule has 0 rings (SSSR count). The molecule has 0 fully saturated rings. The van der Waals surface area contributed by atoms with Crippen molar-refractivity contribution >= 4 is 0 Å². The smallest absolute Gasteiger partial charge is 0.0882 e. The Hall–Kier alpha value is -0.300. The van der Waals surface area contributed by atoms with Gasteiger partial charge in [0, 0.05) is 5.92 Å². The van der Waals surface area contributed by atoms with Crippen molar-refractivity contribution in [3.8, 4) is 0 Å². The van der Waals surface area contributed by atoms with Crippen molar-refractivity contribution in [2.24, 2.45) is 5.92 Å². The van der Waals surface area contributed by atoms with Crippen LogP contribution in [0, 0.1) is 5.92 Å². The lowest BCUT2D eigenvalue weighted by Crippen LogP contribution is -1.92. The predicted molar refractivity (Wildman–Crippen MR) is 43.4 cm³/mol. The second-order valence-corrected chi connectivity index (χ2v) is 2.71. The van der Waals surface area contributed by atoms with E-state index in [2.05, 4.69) is 13.0 Å². The molecule has 1 radical (unpaired) electrons. The van der Waals surface area contributed by atoms with Crippen molar-refractivity contribution in [2.45, 2.75) is 33.1 Å². The Kier molecular flexibility index (Phi) is 6.61. The van der Waals surface area contributed by atoms with Gasteiger partial charge in [-0.2, -0.15) is 0 Å². The standard InChI is InChI=1S/C9H17O/c1-3-4-5-6-7-9(2)8-10/h6-7,9H,3-5,8H2,1-2H3. The molecule has 0 aromatic carbocycles. The lowest BCUT2D eigenvalue weighted by atomic mass is 10.1. The Balaban J connectivity index is 3.18. The fraction of sp³-hybridized carbons (Fsp3) is 0.778. The molecule has 0 saturated heterocycles. The Morgan fingerprint density at radius 2 is 2.20 bits per heavy atom. The summed E-state index contributed by atoms with van der Waals surface area (Å²) >= 11 is 0. The summed E-state index contributed by atoms with van der Waals surface area (Å²) in [7, 11) is 0. The summed E-state index contributed by atoms with van der Waals surface area (Å²) in [5.74, 6) is 0.219. The summed E-state index contributed by atoms with van der Waals surface area (Å²) in [6, 6.07) is 0. The summed E-state index contributed by atoms with van der Waals surface area (Å²) in [5.41, 5.74) is 0. The highest BCUT2D eigenvalue weighted by molar-refractivity contribution is 4.85. The van der Waals surface area contributed by atoms with Crippen LogP contribution in [0.5, 0.6) is 0 Å². The van der Waals surface area contributed by atoms with E-state index in [1.807, 2.05) is 13.0 Å². The molecule has 1 unspecified atom stereocenters. The average molecular weight is 141 g/mol. The zero-order chi connectivity index (χ0) is 7.82. The van der Waals surface area contributed by atoms with E-state index in [-0.39, 0.29) is 12.5 Å². The maximum atomic E-state index is 10.2. The molecule has 59 valence electrons. The molecule has 0 bridgehead atoms. The van der Waals surface area contributed by atoms with E-state index in [0.717, 1.165) is 6.42 Å². The van der Waals surface area contributed by atoms with Gasteiger partial charge < -0.3 is 0 Å². The molecular weight excluding hydrogens is 124 g/mol. The van der Waals surface area contributed by atoms with Crippen molar-refractivity contribution in [3.05, 3.63) is 12.2 Å². The van der Waals surface area contributed by atoms with E-state index >= 15 is 0 Å². The van der Waals surface area contributed by atoms with Crippen LogP contribution < -0.4 is 0 Å². The molecule has 1 atom stereocenters. The Labute approximate surface area is 63.8 Å². The monoisotopic (exact) mass is 141 g/mol. The van der Waals surface area contributed by atoms with E-state index < -0.39 is 0 Å². The second-order valence-electron chi connectivity index (χ2n) is 2.71. The van der Waals surface area contributed by atoms with E-state index in [4.69, 9.17) is 0 Å². The normalized spacial score (nSPS) is 14.3. The summed E-state index contributed by atoms with van der Waals surface area (Å²) < 4.78 is 0. The quantitative estimate of drug-likeness (QED) is 0.414. The van der Waals surface area contributed by atoms with Gasteiger partial charge in [-0.25, -0.2) is 5.11 Å². The zero-order valence-electron chi connectivity index (χ0n) is 6.97. The minimum Gasteiger partial charge on any atom is -0.236 e. The molecule has 0 aromatic heterocycles. The van der Waals surface area contributed by atoms with Gasteiger partial charge in [-0.1, -0.05) is 38.8 Å². The van der Waals surface area contributed by atoms with Crippen molar-refractivity contribution in [2.75, 3.05) is 6.61 Å². The second kappa shape index (κ2) is 6.81. The number of allylic oxidation sites excluding steroid dienone is 1. The first kappa shape index (κ1) is 9.70. The molecule has 0 aliphatic rings. The maximum absolute atomic E-state index is 10.2. The first-order valence-electron chi connectivity index (χ1n) is 4.06. The molecule has 0 aromatic rings. The van der Waals surface area contributed by atoms with Crippen molar-refractivity contribution in [3.63, 3.8) is 0 Å². The van der Waals surface area contributed by atoms with E-state index in [9.17, 15) is 5.11 Å². The van der Waals surface area contributed by atoms with Crippen LogP contribution in [0.15, 0.2) is 12.2 Å². The molecule has 0 saturated carbocycles. The Morgan fingerprint density at radius 1 is 1.50 bits per heavy atom. The van der Waals surface area contributed by atoms with Gasteiger partial charge in [0.1, 0.15) is 0 Å². The molecule has 1 heteroatoms. The lowest BCUT2D eigenvalue weighted by Gasteiger charge is -1.96. The largest absolute Gasteiger partial charge is 0.236 e. The fourth-order valence-electron chi connectivity index (χ4n) is 0.706. The van der Waals surface area contributed by atoms with Gasteiger partial charge in [0.05, 0.1) is 6.61 Å². The van der Waals surface area contributed by atoms with Crippen LogP contribution in [0.25, 0.3) is 0 Å². The van der Waals surface area contributed by atoms with Crippen LogP contribution in [-0.2, 0) is 5.11 Å². The third-order valence-electron chi connectivity index (χ3n) is 1.45. The molecule has 0 heterocycles. The number of hydrogen-bond acceptors (Lipinski definition) is 0. The van der Waals surface area contributed by atoms with Crippen LogP contribution in [0.1, 0.15) is 33.1 Å². The van der Waals surface area contributed by atoms with E-state index in [0.29, 0.717) is 0 Å². The third kappa shape index (κ3) is 5.83. The predicted octanol–water partition coefficient (Wildman–Crippen LogP) is 2.80. The van der Waals surface area contributed by atoms with Crippen molar-refractivity contribution < 1.29 is 5.11 Å². The van der Waals surface area contributed by atoms with Gasteiger partial charge >= 0.3 is 0 Å². The SMILES string of the molecule is CCCCC=CC(C)C[O]. The van der Waals surface area contributed by atoms with Gasteiger partial charge in [-0.3, -0.25) is 0 Å². The Bertz CT molecular complexity index is 86.7. The lowest BCUT2D eigenvalue weighted by molar-refractivity contribution is 0.168. The molecule has 10 heavy (non-hydrogen) atoms. The van der Waals surface area contributed by atoms with Gasteiger partial charge in [0.2, 0.25) is 0 Å². The topological polar surface area (TPSA) is 19.9 Å². The molecule has 0 aliphatic carbocycles. The third-order valence-corrected chi connectivity index (χ3v) is 1.45. The number of rotatable bonds is 5. The van der Waals surface area contributed by atoms with Gasteiger partial charge in [-0.05, 0) is 6.42 Å². The summed E-state index contributed by atoms with van der Waals surface area (Å²) in [6.07, 6.45) is 7.73. The van der Waals surface area contributed by atoms with Crippen LogP contribution >= 0.6 is 0 Å². The molecule has 0 spiro atoms. The summed E-state index contributed by atoms with van der Waals surface area (Å²) in [6.45, 7) is 4.14. The van der Waals surface area contributed by atoms with E-state index in [1.54, 1.807) is 0 Å². The molecule has 0 aliphatic heterocycles. The van der Waals surface area contributed by atoms with Crippen LogP contribution in [0.3, 0.4) is 0 Å². The van der Waals surface area contributed by atoms with Gasteiger partial charge in [0.15, 0.2) is 0 Å². The van der Waals surface area contributed by atoms with Crippen LogP contribution in [0.4, 0.5) is 0 Å². The number of unbranched alkanes of at least 4 members (excludes halogenated alkanes) is 2. The van der Waals surface area contributed by atoms with Gasteiger partial charge in [-0.15, -0.1) is 0 Å². The highest BCUT2D eigenvalue weighted by Gasteiger charge is 1.91. The molecule has 0 N–H and O–H groups in total. The van der Waals surface area contributed by atoms with Crippen LogP contribution in [-0.4, -0.2) is 6.61 Å². The Morgan fingerprint density at radius 3 is 2.70 bits per heavy atom. The van der Waals surface area contributed by atoms with Crippen LogP contribution in [0.2, 0.25) is 0 Å².